The molecule has 1 saturated heterocycles. The largest absolute Gasteiger partial charge is 0.329 e. The summed E-state index contributed by atoms with van der Waals surface area (Å²) in [7, 11) is -2.91. The molecular formula is C8H17NO2S. The fraction of sp³-hybridized carbons (Fsp3) is 1.00. The summed E-state index contributed by atoms with van der Waals surface area (Å²) in [5, 5.41) is 0. The van der Waals surface area contributed by atoms with E-state index in [0.29, 0.717) is 12.2 Å². The minimum atomic E-state index is -2.91. The van der Waals surface area contributed by atoms with Gasteiger partial charge < -0.3 is 5.73 Å². The molecule has 1 aliphatic heterocycles. The molecule has 0 amide bonds. The maximum absolute atomic E-state index is 11.7. The van der Waals surface area contributed by atoms with Gasteiger partial charge in [-0.2, -0.15) is 0 Å². The standard InChI is InChI=1S/C8H17NO2S/c1-2-8(7-9)5-3-4-6-12(8,10)11/h2-7,9H2,1H3. The monoisotopic (exact) mass is 191 g/mol. The molecule has 1 fully saturated rings. The highest BCUT2D eigenvalue weighted by molar-refractivity contribution is 7.92. The predicted octanol–water partition coefficient (Wildman–Crippen LogP) is 0.693. The van der Waals surface area contributed by atoms with E-state index in [1.54, 1.807) is 0 Å². The molecule has 72 valence electrons. The lowest BCUT2D eigenvalue weighted by atomic mass is 9.98. The van der Waals surface area contributed by atoms with Gasteiger partial charge in [0.05, 0.1) is 10.5 Å². The highest BCUT2D eigenvalue weighted by Gasteiger charge is 2.42. The quantitative estimate of drug-likeness (QED) is 0.698. The molecule has 0 bridgehead atoms. The number of hydrogen-bond donors (Lipinski definition) is 1. The van der Waals surface area contributed by atoms with Gasteiger partial charge in [-0.15, -0.1) is 0 Å². The maximum atomic E-state index is 11.7. The average Bonchev–Trinajstić information content (AvgIpc) is 2.05. The van der Waals surface area contributed by atoms with Gasteiger partial charge in [-0.3, -0.25) is 0 Å². The minimum absolute atomic E-state index is 0.284. The number of sulfone groups is 1. The molecule has 4 heteroatoms. The van der Waals surface area contributed by atoms with Gasteiger partial charge >= 0.3 is 0 Å². The summed E-state index contributed by atoms with van der Waals surface area (Å²) in [6.07, 6.45) is 3.22. The van der Waals surface area contributed by atoms with Gasteiger partial charge in [0.2, 0.25) is 0 Å². The van der Waals surface area contributed by atoms with Crippen LogP contribution >= 0.6 is 0 Å². The van der Waals surface area contributed by atoms with Crippen molar-refractivity contribution in [3.05, 3.63) is 0 Å². The second-order valence-corrected chi connectivity index (χ2v) is 6.02. The lowest BCUT2D eigenvalue weighted by Crippen LogP contribution is -2.48. The number of nitrogens with two attached hydrogens (primary N) is 1. The number of hydrogen-bond acceptors (Lipinski definition) is 3. The topological polar surface area (TPSA) is 60.2 Å². The molecule has 0 saturated carbocycles. The Kier molecular flexibility index (Phi) is 2.78. The molecule has 1 rings (SSSR count). The molecule has 1 unspecified atom stereocenters. The van der Waals surface area contributed by atoms with E-state index in [9.17, 15) is 8.42 Å². The Morgan fingerprint density at radius 1 is 1.42 bits per heavy atom. The van der Waals surface area contributed by atoms with Crippen molar-refractivity contribution in [2.24, 2.45) is 5.73 Å². The van der Waals surface area contributed by atoms with Gasteiger partial charge in [0.15, 0.2) is 9.84 Å². The molecule has 0 spiro atoms. The SMILES string of the molecule is CCC1(CN)CCCCS1(=O)=O. The van der Waals surface area contributed by atoms with Gasteiger partial charge in [0.25, 0.3) is 0 Å². The van der Waals surface area contributed by atoms with E-state index in [-0.39, 0.29) is 6.54 Å². The number of rotatable bonds is 2. The predicted molar refractivity (Wildman–Crippen MR) is 49.7 cm³/mol. The van der Waals surface area contributed by atoms with Crippen LogP contribution in [0.2, 0.25) is 0 Å². The van der Waals surface area contributed by atoms with Gasteiger partial charge in [0.1, 0.15) is 0 Å². The van der Waals surface area contributed by atoms with Crippen LogP contribution in [0.3, 0.4) is 0 Å². The summed E-state index contributed by atoms with van der Waals surface area (Å²) >= 11 is 0. The first-order valence-electron chi connectivity index (χ1n) is 4.50. The van der Waals surface area contributed by atoms with Gasteiger partial charge in [-0.25, -0.2) is 8.42 Å². The van der Waals surface area contributed by atoms with Crippen LogP contribution in [-0.4, -0.2) is 25.5 Å². The fourth-order valence-corrected chi connectivity index (χ4v) is 4.05. The Morgan fingerprint density at radius 3 is 2.42 bits per heavy atom. The Labute approximate surface area is 74.3 Å². The highest BCUT2D eigenvalue weighted by atomic mass is 32.2. The molecule has 0 aromatic rings. The van der Waals surface area contributed by atoms with Crippen LogP contribution < -0.4 is 5.73 Å². The Bertz CT molecular complexity index is 242. The van der Waals surface area contributed by atoms with Crippen molar-refractivity contribution in [1.82, 2.24) is 0 Å². The third-order valence-electron chi connectivity index (χ3n) is 2.97. The van der Waals surface area contributed by atoms with Crippen molar-refractivity contribution in [3.8, 4) is 0 Å². The van der Waals surface area contributed by atoms with Crippen LogP contribution in [-0.2, 0) is 9.84 Å². The van der Waals surface area contributed by atoms with Crippen molar-refractivity contribution < 1.29 is 8.42 Å². The molecular weight excluding hydrogens is 174 g/mol. The summed E-state index contributed by atoms with van der Waals surface area (Å²) in [6.45, 7) is 2.20. The second-order valence-electron chi connectivity index (χ2n) is 3.52. The first-order valence-corrected chi connectivity index (χ1v) is 6.15. The lowest BCUT2D eigenvalue weighted by molar-refractivity contribution is 0.436. The lowest BCUT2D eigenvalue weighted by Gasteiger charge is -2.34. The van der Waals surface area contributed by atoms with Crippen molar-refractivity contribution in [1.29, 1.82) is 0 Å². The van der Waals surface area contributed by atoms with Gasteiger partial charge in [-0.05, 0) is 19.3 Å². The zero-order valence-corrected chi connectivity index (χ0v) is 8.36. The third-order valence-corrected chi connectivity index (χ3v) is 5.78. The Morgan fingerprint density at radius 2 is 2.08 bits per heavy atom. The molecule has 1 aliphatic rings. The van der Waals surface area contributed by atoms with E-state index in [0.717, 1.165) is 19.3 Å². The summed E-state index contributed by atoms with van der Waals surface area (Å²) in [5.74, 6) is 0.331. The molecule has 12 heavy (non-hydrogen) atoms. The van der Waals surface area contributed by atoms with Crippen molar-refractivity contribution in [2.45, 2.75) is 37.4 Å². The molecule has 0 aromatic carbocycles. The fourth-order valence-electron chi connectivity index (χ4n) is 1.88. The zero-order valence-electron chi connectivity index (χ0n) is 7.54. The normalized spacial score (nSPS) is 34.8. The first-order chi connectivity index (χ1) is 5.58. The van der Waals surface area contributed by atoms with E-state index in [2.05, 4.69) is 0 Å². The molecule has 2 N–H and O–H groups in total. The second kappa shape index (κ2) is 3.34. The average molecular weight is 191 g/mol. The molecule has 3 nitrogen and oxygen atoms in total. The third kappa shape index (κ3) is 1.38. The van der Waals surface area contributed by atoms with Crippen LogP contribution in [0.25, 0.3) is 0 Å². The Hall–Kier alpha value is -0.0900. The minimum Gasteiger partial charge on any atom is -0.329 e. The maximum Gasteiger partial charge on any atom is 0.157 e. The zero-order chi connectivity index (χ0) is 9.24. The van der Waals surface area contributed by atoms with E-state index in [1.165, 1.54) is 0 Å². The van der Waals surface area contributed by atoms with Crippen molar-refractivity contribution in [2.75, 3.05) is 12.3 Å². The first kappa shape index (κ1) is 9.99. The summed E-state index contributed by atoms with van der Waals surface area (Å²) in [4.78, 5) is 0. The highest BCUT2D eigenvalue weighted by Crippen LogP contribution is 2.32. The van der Waals surface area contributed by atoms with Crippen LogP contribution in [0.1, 0.15) is 32.6 Å². The van der Waals surface area contributed by atoms with Crippen molar-refractivity contribution in [3.63, 3.8) is 0 Å². The van der Waals surface area contributed by atoms with E-state index < -0.39 is 14.6 Å². The summed E-state index contributed by atoms with van der Waals surface area (Å²) < 4.78 is 22.8. The molecule has 1 atom stereocenters. The summed E-state index contributed by atoms with van der Waals surface area (Å²) in [6, 6.07) is 0. The summed E-state index contributed by atoms with van der Waals surface area (Å²) in [5.41, 5.74) is 5.55. The van der Waals surface area contributed by atoms with E-state index in [1.807, 2.05) is 6.92 Å². The van der Waals surface area contributed by atoms with E-state index in [4.69, 9.17) is 5.73 Å². The molecule has 0 radical (unpaired) electrons. The van der Waals surface area contributed by atoms with Gasteiger partial charge in [-0.1, -0.05) is 13.3 Å². The van der Waals surface area contributed by atoms with Gasteiger partial charge in [0, 0.05) is 6.54 Å². The molecule has 1 heterocycles. The van der Waals surface area contributed by atoms with Crippen molar-refractivity contribution >= 4 is 9.84 Å². The molecule has 0 aliphatic carbocycles. The van der Waals surface area contributed by atoms with Crippen LogP contribution in [0, 0.1) is 0 Å². The molecule has 0 aromatic heterocycles. The van der Waals surface area contributed by atoms with Crippen LogP contribution in [0.5, 0.6) is 0 Å². The smallest absolute Gasteiger partial charge is 0.157 e. The van der Waals surface area contributed by atoms with Crippen LogP contribution in [0.4, 0.5) is 0 Å². The van der Waals surface area contributed by atoms with E-state index >= 15 is 0 Å². The Balaban J connectivity index is 2.98. The van der Waals surface area contributed by atoms with Crippen LogP contribution in [0.15, 0.2) is 0 Å².